The number of nitrogen functional groups attached to an aromatic ring is 1. The van der Waals surface area contributed by atoms with E-state index in [1.807, 2.05) is 6.92 Å². The summed E-state index contributed by atoms with van der Waals surface area (Å²) in [6.45, 7) is 1.83. The number of hydrogen-bond donors (Lipinski definition) is 1. The van der Waals surface area contributed by atoms with Gasteiger partial charge in [-0.25, -0.2) is 0 Å². The highest BCUT2D eigenvalue weighted by molar-refractivity contribution is 9.10. The van der Waals surface area contributed by atoms with Crippen molar-refractivity contribution in [3.63, 3.8) is 0 Å². The molecule has 0 unspecified atom stereocenters. The van der Waals surface area contributed by atoms with Gasteiger partial charge in [-0.2, -0.15) is 0 Å². The van der Waals surface area contributed by atoms with E-state index < -0.39 is 0 Å². The van der Waals surface area contributed by atoms with Gasteiger partial charge in [-0.15, -0.1) is 11.3 Å². The summed E-state index contributed by atoms with van der Waals surface area (Å²) in [5, 5.41) is 0. The maximum Gasteiger partial charge on any atom is 0.203 e. The van der Waals surface area contributed by atoms with Gasteiger partial charge in [0.05, 0.1) is 4.88 Å². The second kappa shape index (κ2) is 5.33. The predicted octanol–water partition coefficient (Wildman–Crippen LogP) is 5.05. The van der Waals surface area contributed by atoms with Crippen LogP contribution >= 0.6 is 54.8 Å². The molecule has 6 heteroatoms. The second-order valence-electron chi connectivity index (χ2n) is 3.73. The lowest BCUT2D eigenvalue weighted by Crippen LogP contribution is -2.04. The van der Waals surface area contributed by atoms with Crippen LogP contribution in [0, 0.1) is 6.92 Å². The van der Waals surface area contributed by atoms with E-state index in [0.29, 0.717) is 20.5 Å². The number of halogens is 3. The first-order valence-corrected chi connectivity index (χ1v) is 7.73. The van der Waals surface area contributed by atoms with Crippen LogP contribution in [-0.4, -0.2) is 5.78 Å². The van der Waals surface area contributed by atoms with Gasteiger partial charge in [0.25, 0.3) is 0 Å². The van der Waals surface area contributed by atoms with Crippen LogP contribution in [-0.2, 0) is 0 Å². The maximum atomic E-state index is 12.4. The summed E-state index contributed by atoms with van der Waals surface area (Å²) in [4.78, 5) is 13.0. The number of carbonyl (C=O) groups excluding carboxylic acids is 1. The van der Waals surface area contributed by atoms with E-state index in [9.17, 15) is 4.79 Å². The highest BCUT2D eigenvalue weighted by Gasteiger charge is 2.17. The molecule has 94 valence electrons. The average Bonchev–Trinajstić information content (AvgIpc) is 2.63. The molecule has 0 bridgehead atoms. The Morgan fingerprint density at radius 3 is 2.56 bits per heavy atom. The number of benzene rings is 1. The quantitative estimate of drug-likeness (QED) is 0.557. The van der Waals surface area contributed by atoms with E-state index in [1.54, 1.807) is 18.2 Å². The average molecular weight is 410 g/mol. The van der Waals surface area contributed by atoms with Crippen LogP contribution in [0.2, 0.25) is 4.34 Å². The molecule has 0 saturated carbocycles. The number of carbonyl (C=O) groups is 1. The van der Waals surface area contributed by atoms with E-state index >= 15 is 0 Å². The third-order valence-corrected chi connectivity index (χ3v) is 5.46. The van der Waals surface area contributed by atoms with E-state index in [1.165, 1.54) is 11.3 Å². The summed E-state index contributed by atoms with van der Waals surface area (Å²) in [7, 11) is 0. The zero-order valence-corrected chi connectivity index (χ0v) is 14.0. The number of anilines is 1. The molecule has 1 aromatic heterocycles. The van der Waals surface area contributed by atoms with Gasteiger partial charge in [0.2, 0.25) is 5.78 Å². The van der Waals surface area contributed by atoms with Crippen LogP contribution in [0.3, 0.4) is 0 Å². The molecule has 0 aliphatic heterocycles. The Morgan fingerprint density at radius 2 is 2.00 bits per heavy atom. The van der Waals surface area contributed by atoms with Gasteiger partial charge < -0.3 is 5.73 Å². The van der Waals surface area contributed by atoms with Gasteiger partial charge in [0.1, 0.15) is 4.34 Å². The molecule has 1 heterocycles. The molecule has 0 spiro atoms. The normalized spacial score (nSPS) is 10.7. The lowest BCUT2D eigenvalue weighted by atomic mass is 10.0. The third-order valence-electron chi connectivity index (χ3n) is 2.53. The van der Waals surface area contributed by atoms with Crippen molar-refractivity contribution in [2.24, 2.45) is 0 Å². The van der Waals surface area contributed by atoms with Crippen LogP contribution in [0.5, 0.6) is 0 Å². The van der Waals surface area contributed by atoms with E-state index in [0.717, 1.165) is 14.5 Å². The molecule has 0 aliphatic carbocycles. The summed E-state index contributed by atoms with van der Waals surface area (Å²) in [5.41, 5.74) is 7.82. The van der Waals surface area contributed by atoms with Crippen molar-refractivity contribution in [2.75, 3.05) is 5.73 Å². The van der Waals surface area contributed by atoms with Gasteiger partial charge in [-0.3, -0.25) is 4.79 Å². The Morgan fingerprint density at radius 1 is 1.33 bits per heavy atom. The van der Waals surface area contributed by atoms with E-state index in [-0.39, 0.29) is 5.78 Å². The van der Waals surface area contributed by atoms with Crippen LogP contribution in [0.25, 0.3) is 0 Å². The standard InChI is InChI=1S/C12H8Br2ClNOS/c1-5-7(2-6(13)3-9(5)16)11(17)10-4-8(14)12(15)18-10/h2-4H,16H2,1H3. The predicted molar refractivity (Wildman–Crippen MR) is 83.8 cm³/mol. The smallest absolute Gasteiger partial charge is 0.203 e. The SMILES string of the molecule is Cc1c(N)cc(Br)cc1C(=O)c1cc(Br)c(Cl)s1. The number of ketones is 1. The van der Waals surface area contributed by atoms with Crippen molar-refractivity contribution in [3.05, 3.63) is 47.5 Å². The minimum absolute atomic E-state index is 0.0712. The van der Waals surface area contributed by atoms with Crippen molar-refractivity contribution in [3.8, 4) is 0 Å². The number of nitrogens with two attached hydrogens (primary N) is 1. The molecular weight excluding hydrogens is 401 g/mol. The molecule has 2 aromatic rings. The fourth-order valence-electron chi connectivity index (χ4n) is 1.53. The van der Waals surface area contributed by atoms with Crippen molar-refractivity contribution in [1.29, 1.82) is 0 Å². The zero-order chi connectivity index (χ0) is 13.4. The van der Waals surface area contributed by atoms with Gasteiger partial charge in [0.15, 0.2) is 0 Å². The van der Waals surface area contributed by atoms with Gasteiger partial charge in [-0.1, -0.05) is 27.5 Å². The number of hydrogen-bond acceptors (Lipinski definition) is 3. The Bertz CT molecular complexity index is 620. The van der Waals surface area contributed by atoms with Crippen LogP contribution in [0.4, 0.5) is 5.69 Å². The maximum absolute atomic E-state index is 12.4. The van der Waals surface area contributed by atoms with Gasteiger partial charge >= 0.3 is 0 Å². The number of thiophene rings is 1. The summed E-state index contributed by atoms with van der Waals surface area (Å²) in [6, 6.07) is 5.28. The second-order valence-corrected chi connectivity index (χ2v) is 7.15. The molecule has 0 amide bonds. The third kappa shape index (κ3) is 2.64. The lowest BCUT2D eigenvalue weighted by Gasteiger charge is -2.07. The largest absolute Gasteiger partial charge is 0.398 e. The Kier molecular flexibility index (Phi) is 4.16. The minimum atomic E-state index is -0.0712. The van der Waals surface area contributed by atoms with E-state index in [2.05, 4.69) is 31.9 Å². The molecule has 2 nitrogen and oxygen atoms in total. The summed E-state index contributed by atoms with van der Waals surface area (Å²) in [5.74, 6) is -0.0712. The Balaban J connectivity index is 2.52. The number of rotatable bonds is 2. The minimum Gasteiger partial charge on any atom is -0.398 e. The summed E-state index contributed by atoms with van der Waals surface area (Å²) in [6.07, 6.45) is 0. The van der Waals surface area contributed by atoms with Crippen LogP contribution in [0.15, 0.2) is 27.1 Å². The highest BCUT2D eigenvalue weighted by atomic mass is 79.9. The van der Waals surface area contributed by atoms with Crippen molar-refractivity contribution in [1.82, 2.24) is 0 Å². The molecule has 0 atom stereocenters. The summed E-state index contributed by atoms with van der Waals surface area (Å²) >= 11 is 13.8. The van der Waals surface area contributed by atoms with Crippen molar-refractivity contribution < 1.29 is 4.79 Å². The van der Waals surface area contributed by atoms with Crippen molar-refractivity contribution in [2.45, 2.75) is 6.92 Å². The van der Waals surface area contributed by atoms with Crippen molar-refractivity contribution >= 4 is 66.3 Å². The van der Waals surface area contributed by atoms with Crippen LogP contribution < -0.4 is 5.73 Å². The molecule has 2 rings (SSSR count). The van der Waals surface area contributed by atoms with Gasteiger partial charge in [-0.05, 0) is 46.6 Å². The fraction of sp³-hybridized carbons (Fsp3) is 0.0833. The first-order chi connectivity index (χ1) is 8.40. The first kappa shape index (κ1) is 14.1. The molecule has 0 fully saturated rings. The Labute approximate surface area is 130 Å². The molecule has 0 radical (unpaired) electrons. The zero-order valence-electron chi connectivity index (χ0n) is 9.26. The first-order valence-electron chi connectivity index (χ1n) is 4.95. The summed E-state index contributed by atoms with van der Waals surface area (Å²) < 4.78 is 2.09. The fourth-order valence-corrected chi connectivity index (χ4v) is 3.66. The Hall–Kier alpha value is -0.360. The molecule has 18 heavy (non-hydrogen) atoms. The molecule has 0 aliphatic rings. The monoisotopic (exact) mass is 407 g/mol. The van der Waals surface area contributed by atoms with Crippen LogP contribution in [0.1, 0.15) is 20.8 Å². The lowest BCUT2D eigenvalue weighted by molar-refractivity contribution is 0.104. The van der Waals surface area contributed by atoms with E-state index in [4.69, 9.17) is 17.3 Å². The molecule has 1 aromatic carbocycles. The topological polar surface area (TPSA) is 43.1 Å². The molecule has 0 saturated heterocycles. The van der Waals surface area contributed by atoms with Gasteiger partial charge in [0, 0.05) is 20.2 Å². The molecule has 2 N–H and O–H groups in total. The molecular formula is C12H8Br2ClNOS. The highest BCUT2D eigenvalue weighted by Crippen LogP contribution is 2.34.